The lowest BCUT2D eigenvalue weighted by Crippen LogP contribution is -2.23. The maximum absolute atomic E-state index is 13.4. The topological polar surface area (TPSA) is 56.8 Å². The van der Waals surface area contributed by atoms with Crippen molar-refractivity contribution in [3.63, 3.8) is 0 Å². The third-order valence-corrected chi connectivity index (χ3v) is 3.33. The molecule has 0 aliphatic carbocycles. The average Bonchev–Trinajstić information content (AvgIpc) is 2.58. The lowest BCUT2D eigenvalue weighted by molar-refractivity contribution is 0.0947. The van der Waals surface area contributed by atoms with Crippen LogP contribution in [-0.2, 0) is 6.54 Å². The first-order valence-electron chi connectivity index (χ1n) is 6.92. The molecule has 2 rings (SSSR count). The lowest BCUT2D eigenvalue weighted by Gasteiger charge is -2.14. The van der Waals surface area contributed by atoms with Crippen molar-refractivity contribution in [3.8, 4) is 17.2 Å². The standard InChI is InChI=1S/C17H18FNO4/c1-21-14-8-7-12(18)9-13(14)17(20)19-10-11-5-4-6-15(22-2)16(11)23-3/h4-9H,10H2,1-3H3,(H,19,20). The fourth-order valence-electron chi connectivity index (χ4n) is 2.22. The van der Waals surface area contributed by atoms with E-state index in [0.717, 1.165) is 11.6 Å². The number of para-hydroxylation sites is 1. The second-order valence-corrected chi connectivity index (χ2v) is 4.68. The summed E-state index contributed by atoms with van der Waals surface area (Å²) < 4.78 is 29.0. The normalized spacial score (nSPS) is 10.1. The van der Waals surface area contributed by atoms with E-state index in [-0.39, 0.29) is 12.1 Å². The molecule has 2 aromatic carbocycles. The van der Waals surface area contributed by atoms with Crippen molar-refractivity contribution in [2.24, 2.45) is 0 Å². The smallest absolute Gasteiger partial charge is 0.255 e. The van der Waals surface area contributed by atoms with E-state index in [2.05, 4.69) is 5.32 Å². The number of carbonyl (C=O) groups is 1. The summed E-state index contributed by atoms with van der Waals surface area (Å²) in [6, 6.07) is 9.16. The lowest BCUT2D eigenvalue weighted by atomic mass is 10.1. The van der Waals surface area contributed by atoms with Gasteiger partial charge in [0.1, 0.15) is 11.6 Å². The SMILES string of the molecule is COc1ccc(F)cc1C(=O)NCc1cccc(OC)c1OC. The molecule has 1 amide bonds. The second kappa shape index (κ2) is 7.49. The maximum atomic E-state index is 13.4. The van der Waals surface area contributed by atoms with E-state index in [1.54, 1.807) is 12.1 Å². The Morgan fingerprint density at radius 3 is 2.43 bits per heavy atom. The first-order valence-corrected chi connectivity index (χ1v) is 6.92. The Hall–Kier alpha value is -2.76. The number of hydrogen-bond acceptors (Lipinski definition) is 4. The Morgan fingerprint density at radius 2 is 1.78 bits per heavy atom. The Labute approximate surface area is 134 Å². The Morgan fingerprint density at radius 1 is 1.04 bits per heavy atom. The molecule has 0 unspecified atom stereocenters. The first-order chi connectivity index (χ1) is 11.1. The molecular formula is C17H18FNO4. The number of hydrogen-bond donors (Lipinski definition) is 1. The number of halogens is 1. The number of methoxy groups -OCH3 is 3. The number of carbonyl (C=O) groups excluding carboxylic acids is 1. The van der Waals surface area contributed by atoms with Crippen molar-refractivity contribution >= 4 is 5.91 Å². The van der Waals surface area contributed by atoms with E-state index >= 15 is 0 Å². The predicted octanol–water partition coefficient (Wildman–Crippen LogP) is 2.78. The highest BCUT2D eigenvalue weighted by Gasteiger charge is 2.15. The van der Waals surface area contributed by atoms with Crippen molar-refractivity contribution in [1.29, 1.82) is 0 Å². The van der Waals surface area contributed by atoms with Crippen LogP contribution in [0.2, 0.25) is 0 Å². The second-order valence-electron chi connectivity index (χ2n) is 4.68. The van der Waals surface area contributed by atoms with Gasteiger partial charge in [-0.05, 0) is 24.3 Å². The van der Waals surface area contributed by atoms with Crippen LogP contribution < -0.4 is 19.5 Å². The maximum Gasteiger partial charge on any atom is 0.255 e. The Balaban J connectivity index is 2.18. The first kappa shape index (κ1) is 16.6. The molecule has 0 radical (unpaired) electrons. The van der Waals surface area contributed by atoms with Crippen molar-refractivity contribution < 1.29 is 23.4 Å². The molecule has 0 aromatic heterocycles. The van der Waals surface area contributed by atoms with Gasteiger partial charge in [0.05, 0.1) is 26.9 Å². The summed E-state index contributed by atoms with van der Waals surface area (Å²) in [6.07, 6.45) is 0. The fourth-order valence-corrected chi connectivity index (χ4v) is 2.22. The molecule has 0 saturated carbocycles. The van der Waals surface area contributed by atoms with Crippen LogP contribution >= 0.6 is 0 Å². The summed E-state index contributed by atoms with van der Waals surface area (Å²) in [5.74, 6) is 0.478. The minimum atomic E-state index is -0.505. The number of ether oxygens (including phenoxy) is 3. The third-order valence-electron chi connectivity index (χ3n) is 3.33. The fraction of sp³-hybridized carbons (Fsp3) is 0.235. The summed E-state index contributed by atoms with van der Waals surface area (Å²) >= 11 is 0. The minimum Gasteiger partial charge on any atom is -0.496 e. The van der Waals surface area contributed by atoms with Crippen LogP contribution in [0.15, 0.2) is 36.4 Å². The van der Waals surface area contributed by atoms with E-state index in [4.69, 9.17) is 14.2 Å². The molecule has 122 valence electrons. The van der Waals surface area contributed by atoms with Gasteiger partial charge in [-0.15, -0.1) is 0 Å². The predicted molar refractivity (Wildman–Crippen MR) is 83.7 cm³/mol. The molecule has 0 aliphatic heterocycles. The summed E-state index contributed by atoms with van der Waals surface area (Å²) in [6.45, 7) is 0.207. The van der Waals surface area contributed by atoms with Crippen LogP contribution in [0, 0.1) is 5.82 Å². The molecule has 1 N–H and O–H groups in total. The van der Waals surface area contributed by atoms with Crippen molar-refractivity contribution in [1.82, 2.24) is 5.32 Å². The average molecular weight is 319 g/mol. The largest absolute Gasteiger partial charge is 0.496 e. The van der Waals surface area contributed by atoms with Gasteiger partial charge in [-0.25, -0.2) is 4.39 Å². The van der Waals surface area contributed by atoms with Crippen LogP contribution in [0.5, 0.6) is 17.2 Å². The van der Waals surface area contributed by atoms with E-state index in [1.165, 1.54) is 33.5 Å². The van der Waals surface area contributed by atoms with E-state index in [0.29, 0.717) is 17.2 Å². The number of nitrogens with one attached hydrogen (secondary N) is 1. The van der Waals surface area contributed by atoms with Crippen LogP contribution in [0.3, 0.4) is 0 Å². The van der Waals surface area contributed by atoms with Crippen LogP contribution in [-0.4, -0.2) is 27.2 Å². The molecule has 0 fully saturated rings. The molecule has 6 heteroatoms. The van der Waals surface area contributed by atoms with Crippen molar-refractivity contribution in [2.75, 3.05) is 21.3 Å². The van der Waals surface area contributed by atoms with Gasteiger partial charge < -0.3 is 19.5 Å². The highest BCUT2D eigenvalue weighted by molar-refractivity contribution is 5.96. The molecule has 0 heterocycles. The highest BCUT2D eigenvalue weighted by atomic mass is 19.1. The van der Waals surface area contributed by atoms with Gasteiger partial charge in [-0.2, -0.15) is 0 Å². The summed E-state index contributed by atoms with van der Waals surface area (Å²) in [7, 11) is 4.49. The van der Waals surface area contributed by atoms with Gasteiger partial charge in [0.15, 0.2) is 11.5 Å². The van der Waals surface area contributed by atoms with Crippen LogP contribution in [0.1, 0.15) is 15.9 Å². The zero-order valence-corrected chi connectivity index (χ0v) is 13.2. The number of amides is 1. The highest BCUT2D eigenvalue weighted by Crippen LogP contribution is 2.30. The van der Waals surface area contributed by atoms with Gasteiger partial charge in [0.25, 0.3) is 5.91 Å². The summed E-state index contributed by atoms with van der Waals surface area (Å²) in [4.78, 5) is 12.3. The molecule has 0 saturated heterocycles. The van der Waals surface area contributed by atoms with Crippen LogP contribution in [0.4, 0.5) is 4.39 Å². The van der Waals surface area contributed by atoms with Gasteiger partial charge in [0, 0.05) is 12.1 Å². The molecule has 5 nitrogen and oxygen atoms in total. The summed E-state index contributed by atoms with van der Waals surface area (Å²) in [5.41, 5.74) is 0.880. The molecule has 0 aliphatic rings. The van der Waals surface area contributed by atoms with Gasteiger partial charge in [-0.1, -0.05) is 12.1 Å². The summed E-state index contributed by atoms with van der Waals surface area (Å²) in [5, 5.41) is 2.72. The molecular weight excluding hydrogens is 301 g/mol. The van der Waals surface area contributed by atoms with E-state index in [9.17, 15) is 9.18 Å². The molecule has 0 bridgehead atoms. The van der Waals surface area contributed by atoms with E-state index in [1.807, 2.05) is 6.07 Å². The Bertz CT molecular complexity index is 703. The Kier molecular flexibility index (Phi) is 5.41. The molecule has 0 atom stereocenters. The van der Waals surface area contributed by atoms with Gasteiger partial charge in [0.2, 0.25) is 0 Å². The third kappa shape index (κ3) is 3.71. The molecule has 23 heavy (non-hydrogen) atoms. The number of rotatable bonds is 6. The minimum absolute atomic E-state index is 0.134. The van der Waals surface area contributed by atoms with Crippen molar-refractivity contribution in [3.05, 3.63) is 53.3 Å². The zero-order chi connectivity index (χ0) is 16.8. The number of benzene rings is 2. The van der Waals surface area contributed by atoms with Crippen molar-refractivity contribution in [2.45, 2.75) is 6.54 Å². The van der Waals surface area contributed by atoms with E-state index < -0.39 is 11.7 Å². The van der Waals surface area contributed by atoms with Crippen LogP contribution in [0.25, 0.3) is 0 Å². The molecule has 0 spiro atoms. The molecule has 2 aromatic rings. The monoisotopic (exact) mass is 319 g/mol. The zero-order valence-electron chi connectivity index (χ0n) is 13.2. The van der Waals surface area contributed by atoms with Gasteiger partial charge in [-0.3, -0.25) is 4.79 Å². The van der Waals surface area contributed by atoms with Gasteiger partial charge >= 0.3 is 0 Å². The quantitative estimate of drug-likeness (QED) is 0.889.